The predicted octanol–water partition coefficient (Wildman–Crippen LogP) is 0.0716. The van der Waals surface area contributed by atoms with Gasteiger partial charge in [0.15, 0.2) is 5.96 Å². The van der Waals surface area contributed by atoms with Gasteiger partial charge in [-0.2, -0.15) is 0 Å². The third-order valence-electron chi connectivity index (χ3n) is 2.72. The fraction of sp³-hybridized carbons (Fsp3) is 0.889. The molecule has 0 heterocycles. The van der Waals surface area contributed by atoms with E-state index in [1.807, 2.05) is 0 Å². The maximum absolute atomic E-state index is 9.13. The molecular weight excluding hydrogens is 166 g/mol. The largest absolute Gasteiger partial charge is 0.396 e. The number of hydrogen-bond acceptors (Lipinski definition) is 2. The molecule has 0 aliphatic heterocycles. The van der Waals surface area contributed by atoms with Gasteiger partial charge in [0.2, 0.25) is 0 Å². The third kappa shape index (κ3) is 2.88. The minimum Gasteiger partial charge on any atom is -0.396 e. The molecule has 0 amide bonds. The van der Waals surface area contributed by atoms with Crippen LogP contribution in [0, 0.1) is 5.92 Å². The smallest absolute Gasteiger partial charge is 0.188 e. The Labute approximate surface area is 79.2 Å². The zero-order chi connectivity index (χ0) is 9.68. The molecule has 1 aliphatic rings. The Bertz CT molecular complexity index is 182. The van der Waals surface area contributed by atoms with Crippen LogP contribution in [0.3, 0.4) is 0 Å². The number of hydrogen-bond donors (Lipinski definition) is 3. The number of rotatable bonds is 2. The van der Waals surface area contributed by atoms with Gasteiger partial charge in [0, 0.05) is 25.6 Å². The highest BCUT2D eigenvalue weighted by Crippen LogP contribution is 2.23. The molecule has 1 saturated carbocycles. The van der Waals surface area contributed by atoms with E-state index in [0.717, 1.165) is 12.8 Å². The van der Waals surface area contributed by atoms with E-state index in [9.17, 15) is 0 Å². The summed E-state index contributed by atoms with van der Waals surface area (Å²) in [6.07, 6.45) is 4.60. The quantitative estimate of drug-likeness (QED) is 0.421. The summed E-state index contributed by atoms with van der Waals surface area (Å²) in [5.41, 5.74) is 5.58. The Hall–Kier alpha value is -0.770. The van der Waals surface area contributed by atoms with Crippen molar-refractivity contribution >= 4 is 5.96 Å². The summed E-state index contributed by atoms with van der Waals surface area (Å²) in [6, 6.07) is 0.308. The molecular formula is C9H19N3O. The van der Waals surface area contributed by atoms with Crippen LogP contribution in [-0.4, -0.2) is 30.8 Å². The van der Waals surface area contributed by atoms with Crippen LogP contribution in [0.5, 0.6) is 0 Å². The number of nitrogens with one attached hydrogen (secondary N) is 1. The SMILES string of the molecule is CN=C(N)NC1CCCCC1CO. The molecule has 1 fully saturated rings. The first-order chi connectivity index (χ1) is 6.27. The van der Waals surface area contributed by atoms with E-state index < -0.39 is 0 Å². The Morgan fingerprint density at radius 2 is 2.23 bits per heavy atom. The molecule has 1 aliphatic carbocycles. The Kier molecular flexibility index (Phi) is 4.02. The monoisotopic (exact) mass is 185 g/mol. The molecule has 0 aromatic heterocycles. The second-order valence-electron chi connectivity index (χ2n) is 3.59. The highest BCUT2D eigenvalue weighted by molar-refractivity contribution is 5.77. The van der Waals surface area contributed by atoms with Gasteiger partial charge >= 0.3 is 0 Å². The van der Waals surface area contributed by atoms with Crippen LogP contribution in [-0.2, 0) is 0 Å². The van der Waals surface area contributed by atoms with Gasteiger partial charge in [-0.3, -0.25) is 4.99 Å². The van der Waals surface area contributed by atoms with Gasteiger partial charge in [0.05, 0.1) is 0 Å². The topological polar surface area (TPSA) is 70.6 Å². The summed E-state index contributed by atoms with van der Waals surface area (Å²) < 4.78 is 0. The maximum atomic E-state index is 9.13. The molecule has 4 N–H and O–H groups in total. The van der Waals surface area contributed by atoms with Crippen LogP contribution in [0.4, 0.5) is 0 Å². The summed E-state index contributed by atoms with van der Waals surface area (Å²) in [5.74, 6) is 0.819. The standard InChI is InChI=1S/C9H19N3O/c1-11-9(10)12-8-5-3-2-4-7(8)6-13/h7-8,13H,2-6H2,1H3,(H3,10,11,12). The van der Waals surface area contributed by atoms with Crippen LogP contribution in [0.2, 0.25) is 0 Å². The van der Waals surface area contributed by atoms with Crippen molar-refractivity contribution < 1.29 is 5.11 Å². The molecule has 0 spiro atoms. The third-order valence-corrected chi connectivity index (χ3v) is 2.72. The second kappa shape index (κ2) is 5.07. The number of nitrogens with zero attached hydrogens (tertiary/aromatic N) is 1. The molecule has 0 aromatic carbocycles. The van der Waals surface area contributed by atoms with Crippen LogP contribution >= 0.6 is 0 Å². The zero-order valence-electron chi connectivity index (χ0n) is 8.16. The molecule has 1 rings (SSSR count). The van der Waals surface area contributed by atoms with Crippen molar-refractivity contribution in [3.05, 3.63) is 0 Å². The van der Waals surface area contributed by atoms with Gasteiger partial charge in [-0.15, -0.1) is 0 Å². The number of guanidine groups is 1. The van der Waals surface area contributed by atoms with Crippen molar-refractivity contribution in [2.45, 2.75) is 31.7 Å². The predicted molar refractivity (Wildman–Crippen MR) is 53.5 cm³/mol. The molecule has 4 nitrogen and oxygen atoms in total. The van der Waals surface area contributed by atoms with Gasteiger partial charge in [-0.25, -0.2) is 0 Å². The van der Waals surface area contributed by atoms with E-state index in [4.69, 9.17) is 10.8 Å². The van der Waals surface area contributed by atoms with E-state index in [1.165, 1.54) is 12.8 Å². The average Bonchev–Trinajstić information content (AvgIpc) is 2.18. The minimum absolute atomic E-state index is 0.245. The summed E-state index contributed by atoms with van der Waals surface area (Å²) >= 11 is 0. The first-order valence-electron chi connectivity index (χ1n) is 4.87. The Morgan fingerprint density at radius 3 is 2.85 bits per heavy atom. The molecule has 0 aromatic rings. The van der Waals surface area contributed by atoms with Crippen LogP contribution in [0.15, 0.2) is 4.99 Å². The molecule has 76 valence electrons. The first-order valence-corrected chi connectivity index (χ1v) is 4.87. The Balaban J connectivity index is 2.45. The van der Waals surface area contributed by atoms with Crippen molar-refractivity contribution in [2.24, 2.45) is 16.6 Å². The van der Waals surface area contributed by atoms with E-state index in [1.54, 1.807) is 7.05 Å². The molecule has 0 saturated heterocycles. The summed E-state index contributed by atoms with van der Waals surface area (Å²) in [6.45, 7) is 0.245. The van der Waals surface area contributed by atoms with Crippen molar-refractivity contribution in [3.63, 3.8) is 0 Å². The number of nitrogens with two attached hydrogens (primary N) is 1. The first kappa shape index (κ1) is 10.3. The van der Waals surface area contributed by atoms with Crippen LogP contribution < -0.4 is 11.1 Å². The minimum atomic E-state index is 0.245. The lowest BCUT2D eigenvalue weighted by molar-refractivity contribution is 0.162. The number of aliphatic imine (C=N–C) groups is 1. The fourth-order valence-corrected chi connectivity index (χ4v) is 1.87. The summed E-state index contributed by atoms with van der Waals surface area (Å²) in [4.78, 5) is 3.85. The van der Waals surface area contributed by atoms with Gasteiger partial charge in [-0.05, 0) is 12.8 Å². The van der Waals surface area contributed by atoms with Crippen molar-refractivity contribution in [1.29, 1.82) is 0 Å². The van der Waals surface area contributed by atoms with Crippen molar-refractivity contribution in [1.82, 2.24) is 5.32 Å². The second-order valence-corrected chi connectivity index (χ2v) is 3.59. The van der Waals surface area contributed by atoms with Crippen LogP contribution in [0.25, 0.3) is 0 Å². The summed E-state index contributed by atoms with van der Waals surface area (Å²) in [7, 11) is 1.67. The Morgan fingerprint density at radius 1 is 1.54 bits per heavy atom. The molecule has 13 heavy (non-hydrogen) atoms. The zero-order valence-corrected chi connectivity index (χ0v) is 8.16. The van der Waals surface area contributed by atoms with Crippen LogP contribution in [0.1, 0.15) is 25.7 Å². The lowest BCUT2D eigenvalue weighted by Gasteiger charge is -2.31. The molecule has 2 atom stereocenters. The highest BCUT2D eigenvalue weighted by atomic mass is 16.3. The van der Waals surface area contributed by atoms with Gasteiger partial charge in [0.1, 0.15) is 0 Å². The lowest BCUT2D eigenvalue weighted by Crippen LogP contribution is -2.46. The van der Waals surface area contributed by atoms with Crippen molar-refractivity contribution in [2.75, 3.05) is 13.7 Å². The van der Waals surface area contributed by atoms with E-state index in [2.05, 4.69) is 10.3 Å². The fourth-order valence-electron chi connectivity index (χ4n) is 1.87. The number of aliphatic hydroxyl groups is 1. The van der Waals surface area contributed by atoms with E-state index in [0.29, 0.717) is 17.9 Å². The van der Waals surface area contributed by atoms with Gasteiger partial charge < -0.3 is 16.2 Å². The van der Waals surface area contributed by atoms with E-state index >= 15 is 0 Å². The molecule has 2 unspecified atom stereocenters. The van der Waals surface area contributed by atoms with E-state index in [-0.39, 0.29) is 6.61 Å². The van der Waals surface area contributed by atoms with Gasteiger partial charge in [-0.1, -0.05) is 12.8 Å². The molecule has 0 radical (unpaired) electrons. The lowest BCUT2D eigenvalue weighted by atomic mass is 9.85. The number of aliphatic hydroxyl groups excluding tert-OH is 1. The normalized spacial score (nSPS) is 30.2. The van der Waals surface area contributed by atoms with Crippen molar-refractivity contribution in [3.8, 4) is 0 Å². The highest BCUT2D eigenvalue weighted by Gasteiger charge is 2.24. The molecule has 0 bridgehead atoms. The maximum Gasteiger partial charge on any atom is 0.188 e. The summed E-state index contributed by atoms with van der Waals surface area (Å²) in [5, 5.41) is 12.3. The average molecular weight is 185 g/mol. The molecule has 4 heteroatoms. The van der Waals surface area contributed by atoms with Gasteiger partial charge in [0.25, 0.3) is 0 Å².